The number of hydrogen-bond donors (Lipinski definition) is 3. The molecule has 0 aliphatic heterocycles. The van der Waals surface area contributed by atoms with Gasteiger partial charge in [-0.15, -0.1) is 0 Å². The fourth-order valence-corrected chi connectivity index (χ4v) is 1.52. The van der Waals surface area contributed by atoms with Gasteiger partial charge in [-0.1, -0.05) is 6.07 Å². The van der Waals surface area contributed by atoms with Crippen molar-refractivity contribution in [2.24, 2.45) is 5.84 Å². The SMILES string of the molecule is Cc1nc(NN)cc(Nc2ccc(C)c(F)c2)n1. The molecule has 1 aromatic carbocycles. The topological polar surface area (TPSA) is 75.9 Å². The van der Waals surface area contributed by atoms with Crippen LogP contribution in [0.15, 0.2) is 24.3 Å². The second-order valence-electron chi connectivity index (χ2n) is 3.92. The predicted octanol–water partition coefficient (Wildman–Crippen LogP) is 2.26. The van der Waals surface area contributed by atoms with Crippen LogP contribution < -0.4 is 16.6 Å². The Kier molecular flexibility index (Phi) is 3.38. The number of benzene rings is 1. The van der Waals surface area contributed by atoms with Gasteiger partial charge in [-0.05, 0) is 31.5 Å². The van der Waals surface area contributed by atoms with Gasteiger partial charge < -0.3 is 10.7 Å². The Bertz CT molecular complexity index is 570. The lowest BCUT2D eigenvalue weighted by atomic mass is 10.2. The number of nitrogens with zero attached hydrogens (tertiary/aromatic N) is 2. The van der Waals surface area contributed by atoms with Crippen molar-refractivity contribution in [3.8, 4) is 0 Å². The number of hydrogen-bond acceptors (Lipinski definition) is 5. The molecule has 1 aromatic heterocycles. The van der Waals surface area contributed by atoms with Gasteiger partial charge in [-0.2, -0.15) is 0 Å². The van der Waals surface area contributed by atoms with Gasteiger partial charge in [0.1, 0.15) is 23.3 Å². The van der Waals surface area contributed by atoms with E-state index in [-0.39, 0.29) is 5.82 Å². The monoisotopic (exact) mass is 247 g/mol. The van der Waals surface area contributed by atoms with Gasteiger partial charge in [0, 0.05) is 11.8 Å². The van der Waals surface area contributed by atoms with E-state index in [1.807, 2.05) is 0 Å². The highest BCUT2D eigenvalue weighted by molar-refractivity contribution is 5.59. The van der Waals surface area contributed by atoms with Crippen molar-refractivity contribution in [3.63, 3.8) is 0 Å². The van der Waals surface area contributed by atoms with Crippen LogP contribution in [-0.2, 0) is 0 Å². The molecule has 0 spiro atoms. The number of hydrazine groups is 1. The third kappa shape index (κ3) is 2.72. The van der Waals surface area contributed by atoms with Crippen LogP contribution in [0, 0.1) is 19.7 Å². The van der Waals surface area contributed by atoms with Crippen molar-refractivity contribution in [1.82, 2.24) is 9.97 Å². The molecule has 0 aliphatic rings. The third-order valence-corrected chi connectivity index (χ3v) is 2.43. The average Bonchev–Trinajstić information content (AvgIpc) is 2.33. The van der Waals surface area contributed by atoms with Gasteiger partial charge in [0.2, 0.25) is 0 Å². The summed E-state index contributed by atoms with van der Waals surface area (Å²) < 4.78 is 13.4. The molecule has 0 saturated carbocycles. The first-order valence-electron chi connectivity index (χ1n) is 5.44. The molecular weight excluding hydrogens is 233 g/mol. The van der Waals surface area contributed by atoms with E-state index in [4.69, 9.17) is 5.84 Å². The molecule has 94 valence electrons. The van der Waals surface area contributed by atoms with Crippen molar-refractivity contribution < 1.29 is 4.39 Å². The normalized spacial score (nSPS) is 10.2. The highest BCUT2D eigenvalue weighted by atomic mass is 19.1. The van der Waals surface area contributed by atoms with Crippen LogP contribution in [0.25, 0.3) is 0 Å². The Hall–Kier alpha value is -2.21. The molecule has 0 saturated heterocycles. The van der Waals surface area contributed by atoms with Crippen molar-refractivity contribution in [1.29, 1.82) is 0 Å². The van der Waals surface area contributed by atoms with Crippen LogP contribution >= 0.6 is 0 Å². The molecule has 0 bridgehead atoms. The van der Waals surface area contributed by atoms with E-state index in [0.29, 0.717) is 28.7 Å². The maximum absolute atomic E-state index is 13.4. The molecule has 0 amide bonds. The summed E-state index contributed by atoms with van der Waals surface area (Å²) >= 11 is 0. The second kappa shape index (κ2) is 4.97. The van der Waals surface area contributed by atoms with Gasteiger partial charge in [0.25, 0.3) is 0 Å². The Labute approximate surface area is 104 Å². The van der Waals surface area contributed by atoms with Crippen LogP contribution in [-0.4, -0.2) is 9.97 Å². The van der Waals surface area contributed by atoms with Gasteiger partial charge in [-0.25, -0.2) is 20.2 Å². The zero-order chi connectivity index (χ0) is 13.1. The molecule has 5 nitrogen and oxygen atoms in total. The summed E-state index contributed by atoms with van der Waals surface area (Å²) in [6, 6.07) is 6.55. The van der Waals surface area contributed by atoms with Crippen molar-refractivity contribution in [2.45, 2.75) is 13.8 Å². The van der Waals surface area contributed by atoms with Gasteiger partial charge in [0.15, 0.2) is 0 Å². The van der Waals surface area contributed by atoms with E-state index in [1.54, 1.807) is 32.0 Å². The lowest BCUT2D eigenvalue weighted by molar-refractivity contribution is 0.619. The number of nitrogens with two attached hydrogens (primary N) is 1. The summed E-state index contributed by atoms with van der Waals surface area (Å²) in [5, 5.41) is 3.00. The zero-order valence-corrected chi connectivity index (χ0v) is 10.2. The number of nitrogen functional groups attached to an aromatic ring is 1. The molecule has 0 atom stereocenters. The molecule has 1 heterocycles. The van der Waals surface area contributed by atoms with Crippen LogP contribution in [0.5, 0.6) is 0 Å². The lowest BCUT2D eigenvalue weighted by Crippen LogP contribution is -2.10. The van der Waals surface area contributed by atoms with Gasteiger partial charge >= 0.3 is 0 Å². The maximum Gasteiger partial charge on any atom is 0.145 e. The van der Waals surface area contributed by atoms with Crippen LogP contribution in [0.4, 0.5) is 21.7 Å². The molecule has 0 aliphatic carbocycles. The first-order chi connectivity index (χ1) is 8.58. The minimum absolute atomic E-state index is 0.261. The van der Waals surface area contributed by atoms with Crippen molar-refractivity contribution >= 4 is 17.3 Å². The second-order valence-corrected chi connectivity index (χ2v) is 3.92. The molecule has 4 N–H and O–H groups in total. The van der Waals surface area contributed by atoms with E-state index < -0.39 is 0 Å². The average molecular weight is 247 g/mol. The molecule has 2 aromatic rings. The van der Waals surface area contributed by atoms with Crippen LogP contribution in [0.2, 0.25) is 0 Å². The van der Waals surface area contributed by atoms with E-state index in [1.165, 1.54) is 6.07 Å². The highest BCUT2D eigenvalue weighted by Crippen LogP contribution is 2.19. The molecule has 0 radical (unpaired) electrons. The molecule has 18 heavy (non-hydrogen) atoms. The zero-order valence-electron chi connectivity index (χ0n) is 10.2. The summed E-state index contributed by atoms with van der Waals surface area (Å²) in [5.74, 6) is 6.66. The van der Waals surface area contributed by atoms with E-state index in [9.17, 15) is 4.39 Å². The number of halogens is 1. The van der Waals surface area contributed by atoms with E-state index in [2.05, 4.69) is 20.7 Å². The third-order valence-electron chi connectivity index (χ3n) is 2.43. The Morgan fingerprint density at radius 3 is 2.50 bits per heavy atom. The van der Waals surface area contributed by atoms with Gasteiger partial charge in [-0.3, -0.25) is 0 Å². The fourth-order valence-electron chi connectivity index (χ4n) is 1.52. The summed E-state index contributed by atoms with van der Waals surface area (Å²) in [4.78, 5) is 8.25. The summed E-state index contributed by atoms with van der Waals surface area (Å²) in [7, 11) is 0. The molecule has 6 heteroatoms. The Balaban J connectivity index is 2.27. The highest BCUT2D eigenvalue weighted by Gasteiger charge is 2.03. The van der Waals surface area contributed by atoms with Crippen molar-refractivity contribution in [3.05, 3.63) is 41.5 Å². The minimum atomic E-state index is -0.261. The number of nitrogens with one attached hydrogen (secondary N) is 2. The smallest absolute Gasteiger partial charge is 0.145 e. The summed E-state index contributed by atoms with van der Waals surface area (Å²) in [5.41, 5.74) is 3.67. The largest absolute Gasteiger partial charge is 0.340 e. The standard InChI is InChI=1S/C12H14FN5/c1-7-3-4-9(5-10(7)13)17-11-6-12(18-14)16-8(2)15-11/h3-6H,14H2,1-2H3,(H2,15,16,17,18). The quantitative estimate of drug-likeness (QED) is 0.573. The molecular formula is C12H14FN5. The maximum atomic E-state index is 13.4. The number of aryl methyl sites for hydroxylation is 2. The van der Waals surface area contributed by atoms with Gasteiger partial charge in [0.05, 0.1) is 0 Å². The van der Waals surface area contributed by atoms with Crippen LogP contribution in [0.1, 0.15) is 11.4 Å². The number of anilines is 3. The first-order valence-corrected chi connectivity index (χ1v) is 5.44. The minimum Gasteiger partial charge on any atom is -0.340 e. The van der Waals surface area contributed by atoms with E-state index in [0.717, 1.165) is 0 Å². The molecule has 0 fully saturated rings. The van der Waals surface area contributed by atoms with Crippen molar-refractivity contribution in [2.75, 3.05) is 10.7 Å². The van der Waals surface area contributed by atoms with E-state index >= 15 is 0 Å². The summed E-state index contributed by atoms with van der Waals surface area (Å²) in [6.45, 7) is 3.46. The molecule has 0 unspecified atom stereocenters. The summed E-state index contributed by atoms with van der Waals surface area (Å²) in [6.07, 6.45) is 0. The number of aromatic nitrogens is 2. The fraction of sp³-hybridized carbons (Fsp3) is 0.167. The number of rotatable bonds is 3. The molecule has 2 rings (SSSR count). The van der Waals surface area contributed by atoms with Crippen LogP contribution in [0.3, 0.4) is 0 Å². The Morgan fingerprint density at radius 2 is 1.83 bits per heavy atom. The predicted molar refractivity (Wildman–Crippen MR) is 69.0 cm³/mol. The lowest BCUT2D eigenvalue weighted by Gasteiger charge is -2.09. The Morgan fingerprint density at radius 1 is 1.11 bits per heavy atom. The first kappa shape index (κ1) is 12.3.